The quantitative estimate of drug-likeness (QED) is 0.486. The van der Waals surface area contributed by atoms with Crippen molar-refractivity contribution in [3.63, 3.8) is 0 Å². The van der Waals surface area contributed by atoms with E-state index in [0.29, 0.717) is 5.41 Å². The van der Waals surface area contributed by atoms with Gasteiger partial charge in [0.05, 0.1) is 0 Å². The van der Waals surface area contributed by atoms with E-state index in [4.69, 9.17) is 0 Å². The van der Waals surface area contributed by atoms with Crippen LogP contribution in [0.2, 0.25) is 0 Å². The van der Waals surface area contributed by atoms with Gasteiger partial charge in [-0.1, -0.05) is 19.9 Å². The SMILES string of the molecule is CC1(C)CC=CC=NCC1. The first-order chi connectivity index (χ1) is 4.71. The molecule has 0 aromatic carbocycles. The lowest BCUT2D eigenvalue weighted by atomic mass is 9.85. The van der Waals surface area contributed by atoms with Gasteiger partial charge in [-0.05, 0) is 24.3 Å². The number of aliphatic imine (C=N–C) groups is 1. The molecule has 1 heterocycles. The van der Waals surface area contributed by atoms with Crippen molar-refractivity contribution >= 4 is 6.21 Å². The molecule has 0 aromatic heterocycles. The van der Waals surface area contributed by atoms with Crippen molar-refractivity contribution in [2.75, 3.05) is 6.54 Å². The minimum Gasteiger partial charge on any atom is -0.293 e. The van der Waals surface area contributed by atoms with Crippen molar-refractivity contribution in [1.82, 2.24) is 0 Å². The lowest BCUT2D eigenvalue weighted by molar-refractivity contribution is 0.346. The van der Waals surface area contributed by atoms with Gasteiger partial charge in [0.15, 0.2) is 0 Å². The molecular weight excluding hydrogens is 122 g/mol. The van der Waals surface area contributed by atoms with Crippen LogP contribution in [0.4, 0.5) is 0 Å². The van der Waals surface area contributed by atoms with Gasteiger partial charge in [0.1, 0.15) is 0 Å². The molecule has 56 valence electrons. The van der Waals surface area contributed by atoms with Gasteiger partial charge in [-0.25, -0.2) is 0 Å². The van der Waals surface area contributed by atoms with Crippen LogP contribution in [0.25, 0.3) is 0 Å². The Kier molecular flexibility index (Phi) is 2.25. The van der Waals surface area contributed by atoms with E-state index in [9.17, 15) is 0 Å². The first-order valence-electron chi connectivity index (χ1n) is 3.86. The highest BCUT2D eigenvalue weighted by atomic mass is 14.7. The molecule has 1 heteroatoms. The third kappa shape index (κ3) is 2.34. The van der Waals surface area contributed by atoms with E-state index in [0.717, 1.165) is 6.54 Å². The van der Waals surface area contributed by atoms with Crippen LogP contribution in [0.1, 0.15) is 26.7 Å². The van der Waals surface area contributed by atoms with Gasteiger partial charge < -0.3 is 0 Å². The maximum absolute atomic E-state index is 4.21. The first-order valence-corrected chi connectivity index (χ1v) is 3.86. The van der Waals surface area contributed by atoms with Crippen molar-refractivity contribution in [3.05, 3.63) is 12.2 Å². The summed E-state index contributed by atoms with van der Waals surface area (Å²) < 4.78 is 0. The smallest absolute Gasteiger partial charge is 0.0394 e. The van der Waals surface area contributed by atoms with E-state index in [1.54, 1.807) is 0 Å². The Labute approximate surface area is 62.9 Å². The van der Waals surface area contributed by atoms with Gasteiger partial charge in [-0.15, -0.1) is 0 Å². The molecule has 0 saturated carbocycles. The standard InChI is InChI=1S/C9H15N/c1-9(2)5-3-4-7-10-8-6-9/h3-4,7H,5-6,8H2,1-2H3. The van der Waals surface area contributed by atoms with Crippen LogP contribution in [-0.2, 0) is 0 Å². The van der Waals surface area contributed by atoms with E-state index in [1.165, 1.54) is 12.8 Å². The Morgan fingerprint density at radius 2 is 2.20 bits per heavy atom. The molecular formula is C9H15N. The molecule has 10 heavy (non-hydrogen) atoms. The fourth-order valence-electron chi connectivity index (χ4n) is 1.05. The molecule has 0 fully saturated rings. The lowest BCUT2D eigenvalue weighted by Crippen LogP contribution is -2.12. The topological polar surface area (TPSA) is 12.4 Å². The molecule has 0 radical (unpaired) electrons. The summed E-state index contributed by atoms with van der Waals surface area (Å²) in [6, 6.07) is 0. The number of allylic oxidation sites excluding steroid dienone is 2. The lowest BCUT2D eigenvalue weighted by Gasteiger charge is -2.22. The predicted molar refractivity (Wildman–Crippen MR) is 45.5 cm³/mol. The Morgan fingerprint density at radius 3 is 3.00 bits per heavy atom. The molecule has 0 aromatic rings. The van der Waals surface area contributed by atoms with Crippen molar-refractivity contribution < 1.29 is 0 Å². The fraction of sp³-hybridized carbons (Fsp3) is 0.667. The summed E-state index contributed by atoms with van der Waals surface area (Å²) in [5.41, 5.74) is 0.453. The molecule has 1 aliphatic rings. The Bertz CT molecular complexity index is 154. The molecule has 0 unspecified atom stereocenters. The highest BCUT2D eigenvalue weighted by molar-refractivity contribution is 5.70. The monoisotopic (exact) mass is 137 g/mol. The van der Waals surface area contributed by atoms with Crippen LogP contribution >= 0.6 is 0 Å². The number of hydrogen-bond donors (Lipinski definition) is 0. The summed E-state index contributed by atoms with van der Waals surface area (Å²) in [5.74, 6) is 0. The maximum atomic E-state index is 4.21. The van der Waals surface area contributed by atoms with Crippen LogP contribution < -0.4 is 0 Å². The third-order valence-electron chi connectivity index (χ3n) is 1.92. The van der Waals surface area contributed by atoms with Gasteiger partial charge in [0, 0.05) is 12.8 Å². The summed E-state index contributed by atoms with van der Waals surface area (Å²) in [4.78, 5) is 4.21. The molecule has 0 bridgehead atoms. The van der Waals surface area contributed by atoms with Crippen LogP contribution in [0.5, 0.6) is 0 Å². The van der Waals surface area contributed by atoms with E-state index >= 15 is 0 Å². The second kappa shape index (κ2) is 3.00. The normalized spacial score (nSPS) is 23.8. The zero-order valence-electron chi connectivity index (χ0n) is 6.80. The second-order valence-corrected chi connectivity index (χ2v) is 3.60. The van der Waals surface area contributed by atoms with Crippen molar-refractivity contribution in [1.29, 1.82) is 0 Å². The van der Waals surface area contributed by atoms with E-state index in [1.807, 2.05) is 12.3 Å². The minimum absolute atomic E-state index is 0.453. The zero-order chi connectivity index (χ0) is 7.45. The molecule has 0 atom stereocenters. The summed E-state index contributed by atoms with van der Waals surface area (Å²) in [7, 11) is 0. The van der Waals surface area contributed by atoms with Gasteiger partial charge in [0.25, 0.3) is 0 Å². The van der Waals surface area contributed by atoms with Crippen molar-refractivity contribution in [2.24, 2.45) is 10.4 Å². The number of rotatable bonds is 0. The van der Waals surface area contributed by atoms with Crippen LogP contribution in [-0.4, -0.2) is 12.8 Å². The first kappa shape index (κ1) is 7.52. The molecule has 0 aliphatic carbocycles. The molecule has 1 nitrogen and oxygen atoms in total. The summed E-state index contributed by atoms with van der Waals surface area (Å²) in [6.45, 7) is 5.56. The highest BCUT2D eigenvalue weighted by Gasteiger charge is 2.15. The molecule has 1 rings (SSSR count). The van der Waals surface area contributed by atoms with Crippen LogP contribution in [0.3, 0.4) is 0 Å². The largest absolute Gasteiger partial charge is 0.293 e. The summed E-state index contributed by atoms with van der Waals surface area (Å²) in [6.07, 6.45) is 8.52. The van der Waals surface area contributed by atoms with Crippen LogP contribution in [0, 0.1) is 5.41 Å². The maximum Gasteiger partial charge on any atom is 0.0394 e. The molecule has 0 saturated heterocycles. The molecule has 0 spiro atoms. The van der Waals surface area contributed by atoms with Crippen LogP contribution in [0.15, 0.2) is 17.1 Å². The number of hydrogen-bond acceptors (Lipinski definition) is 1. The van der Waals surface area contributed by atoms with E-state index < -0.39 is 0 Å². The molecule has 0 amide bonds. The molecule has 1 aliphatic heterocycles. The summed E-state index contributed by atoms with van der Waals surface area (Å²) >= 11 is 0. The van der Waals surface area contributed by atoms with Crippen molar-refractivity contribution in [2.45, 2.75) is 26.7 Å². The fourth-order valence-corrected chi connectivity index (χ4v) is 1.05. The minimum atomic E-state index is 0.453. The van der Waals surface area contributed by atoms with Gasteiger partial charge in [-0.2, -0.15) is 0 Å². The molecule has 0 N–H and O–H groups in total. The van der Waals surface area contributed by atoms with Gasteiger partial charge in [0.2, 0.25) is 0 Å². The van der Waals surface area contributed by atoms with Crippen molar-refractivity contribution in [3.8, 4) is 0 Å². The predicted octanol–water partition coefficient (Wildman–Crippen LogP) is 2.43. The zero-order valence-corrected chi connectivity index (χ0v) is 6.80. The van der Waals surface area contributed by atoms with Gasteiger partial charge >= 0.3 is 0 Å². The average molecular weight is 137 g/mol. The number of nitrogens with zero attached hydrogens (tertiary/aromatic N) is 1. The highest BCUT2D eigenvalue weighted by Crippen LogP contribution is 2.25. The summed E-state index contributed by atoms with van der Waals surface area (Å²) in [5, 5.41) is 0. The Balaban J connectivity index is 2.55. The second-order valence-electron chi connectivity index (χ2n) is 3.60. The Hall–Kier alpha value is -0.590. The van der Waals surface area contributed by atoms with E-state index in [-0.39, 0.29) is 0 Å². The third-order valence-corrected chi connectivity index (χ3v) is 1.92. The van der Waals surface area contributed by atoms with E-state index in [2.05, 4.69) is 24.9 Å². The average Bonchev–Trinajstić information content (AvgIpc) is 1.81. The van der Waals surface area contributed by atoms with Gasteiger partial charge in [-0.3, -0.25) is 4.99 Å². The Morgan fingerprint density at radius 1 is 1.40 bits per heavy atom.